The number of rotatable bonds is 6. The smallest absolute Gasteiger partial charge is 0.253 e. The van der Waals surface area contributed by atoms with Gasteiger partial charge in [0.05, 0.1) is 19.7 Å². The molecule has 0 aliphatic rings. The topological polar surface area (TPSA) is 69.5 Å². The highest BCUT2D eigenvalue weighted by Gasteiger charge is 2.17. The molecule has 0 unspecified atom stereocenters. The minimum atomic E-state index is -0.0946. The quantitative estimate of drug-likeness (QED) is 0.681. The van der Waals surface area contributed by atoms with E-state index in [1.807, 2.05) is 31.2 Å². The number of nitrogens with zero attached hydrogens (tertiary/aromatic N) is 4. The number of carbonyl (C=O) groups excluding carboxylic acids is 1. The fourth-order valence-corrected chi connectivity index (χ4v) is 2.96. The van der Waals surface area contributed by atoms with Crippen LogP contribution in [0, 0.1) is 0 Å². The van der Waals surface area contributed by atoms with Crippen LogP contribution >= 0.6 is 0 Å². The second kappa shape index (κ2) is 7.43. The van der Waals surface area contributed by atoms with E-state index in [4.69, 9.17) is 9.47 Å². The molecule has 0 N–H and O–H groups in total. The van der Waals surface area contributed by atoms with E-state index in [0.29, 0.717) is 29.1 Å². The molecule has 1 amide bonds. The lowest BCUT2D eigenvalue weighted by molar-refractivity contribution is 0.0784. The van der Waals surface area contributed by atoms with Gasteiger partial charge < -0.3 is 14.4 Å². The van der Waals surface area contributed by atoms with Crippen LogP contribution in [0.2, 0.25) is 0 Å². The van der Waals surface area contributed by atoms with Gasteiger partial charge in [-0.1, -0.05) is 17.3 Å². The predicted molar refractivity (Wildman–Crippen MR) is 98.5 cm³/mol. The third-order valence-electron chi connectivity index (χ3n) is 4.30. The first kappa shape index (κ1) is 17.7. The standard InChI is InChI=1S/C19H22N4O3/c1-5-23-16-10-9-13(11-15(16)20-21-23)19(24)22(2)12-14-7-6-8-17(25-3)18(14)26-4/h6-11H,5,12H2,1-4H3. The maximum absolute atomic E-state index is 12.8. The molecule has 7 nitrogen and oxygen atoms in total. The highest BCUT2D eigenvalue weighted by Crippen LogP contribution is 2.31. The van der Waals surface area contributed by atoms with E-state index in [9.17, 15) is 4.79 Å². The van der Waals surface area contributed by atoms with Crippen LogP contribution in [0.1, 0.15) is 22.8 Å². The van der Waals surface area contributed by atoms with Crippen LogP contribution in [0.3, 0.4) is 0 Å². The molecule has 3 rings (SSSR count). The van der Waals surface area contributed by atoms with Crippen molar-refractivity contribution in [3.05, 3.63) is 47.5 Å². The lowest BCUT2D eigenvalue weighted by Gasteiger charge is -2.20. The van der Waals surface area contributed by atoms with E-state index in [0.717, 1.165) is 17.6 Å². The zero-order chi connectivity index (χ0) is 18.7. The van der Waals surface area contributed by atoms with Crippen LogP contribution in [0.4, 0.5) is 0 Å². The molecule has 0 saturated heterocycles. The minimum Gasteiger partial charge on any atom is -0.493 e. The zero-order valence-corrected chi connectivity index (χ0v) is 15.4. The van der Waals surface area contributed by atoms with Gasteiger partial charge in [-0.15, -0.1) is 5.10 Å². The van der Waals surface area contributed by atoms with E-state index in [-0.39, 0.29) is 5.91 Å². The Balaban J connectivity index is 1.84. The summed E-state index contributed by atoms with van der Waals surface area (Å²) < 4.78 is 12.6. The van der Waals surface area contributed by atoms with Gasteiger partial charge >= 0.3 is 0 Å². The van der Waals surface area contributed by atoms with Gasteiger partial charge in [0.25, 0.3) is 5.91 Å². The molecule has 0 fully saturated rings. The first-order chi connectivity index (χ1) is 12.6. The summed E-state index contributed by atoms with van der Waals surface area (Å²) in [4.78, 5) is 14.5. The van der Waals surface area contributed by atoms with Gasteiger partial charge in [0, 0.05) is 31.3 Å². The van der Waals surface area contributed by atoms with Crippen LogP contribution in [0.15, 0.2) is 36.4 Å². The number of benzene rings is 2. The molecule has 0 aliphatic carbocycles. The molecule has 0 spiro atoms. The van der Waals surface area contributed by atoms with Crippen molar-refractivity contribution in [3.63, 3.8) is 0 Å². The Labute approximate surface area is 152 Å². The first-order valence-corrected chi connectivity index (χ1v) is 8.37. The van der Waals surface area contributed by atoms with Crippen LogP contribution in [0.25, 0.3) is 11.0 Å². The lowest BCUT2D eigenvalue weighted by atomic mass is 10.1. The summed E-state index contributed by atoms with van der Waals surface area (Å²) in [6, 6.07) is 11.1. The van der Waals surface area contributed by atoms with Crippen molar-refractivity contribution in [2.75, 3.05) is 21.3 Å². The number of aryl methyl sites for hydroxylation is 1. The van der Waals surface area contributed by atoms with Crippen molar-refractivity contribution in [2.45, 2.75) is 20.0 Å². The van der Waals surface area contributed by atoms with E-state index < -0.39 is 0 Å². The Morgan fingerprint density at radius 3 is 2.69 bits per heavy atom. The molecule has 0 atom stereocenters. The summed E-state index contributed by atoms with van der Waals surface area (Å²) in [7, 11) is 4.94. The number of aromatic nitrogens is 3. The molecule has 7 heteroatoms. The van der Waals surface area contributed by atoms with Gasteiger partial charge in [-0.2, -0.15) is 0 Å². The number of hydrogen-bond donors (Lipinski definition) is 0. The normalized spacial score (nSPS) is 10.8. The number of ether oxygens (including phenoxy) is 2. The summed E-state index contributed by atoms with van der Waals surface area (Å²) in [5.74, 6) is 1.18. The fraction of sp³-hybridized carbons (Fsp3) is 0.316. The van der Waals surface area contributed by atoms with Gasteiger partial charge in [-0.25, -0.2) is 4.68 Å². The van der Waals surface area contributed by atoms with Crippen molar-refractivity contribution < 1.29 is 14.3 Å². The van der Waals surface area contributed by atoms with Crippen molar-refractivity contribution in [1.29, 1.82) is 0 Å². The van der Waals surface area contributed by atoms with Gasteiger partial charge in [0.15, 0.2) is 11.5 Å². The number of carbonyl (C=O) groups is 1. The summed E-state index contributed by atoms with van der Waals surface area (Å²) in [5.41, 5.74) is 3.08. The van der Waals surface area contributed by atoms with Crippen LogP contribution < -0.4 is 9.47 Å². The summed E-state index contributed by atoms with van der Waals surface area (Å²) >= 11 is 0. The minimum absolute atomic E-state index is 0.0946. The average Bonchev–Trinajstić information content (AvgIpc) is 3.09. The third kappa shape index (κ3) is 3.20. The largest absolute Gasteiger partial charge is 0.493 e. The van der Waals surface area contributed by atoms with E-state index in [2.05, 4.69) is 10.3 Å². The van der Waals surface area contributed by atoms with Gasteiger partial charge in [0.1, 0.15) is 5.52 Å². The van der Waals surface area contributed by atoms with Crippen molar-refractivity contribution >= 4 is 16.9 Å². The molecule has 2 aromatic carbocycles. The second-order valence-corrected chi connectivity index (χ2v) is 5.92. The second-order valence-electron chi connectivity index (χ2n) is 5.92. The maximum atomic E-state index is 12.8. The van der Waals surface area contributed by atoms with Crippen LogP contribution in [-0.2, 0) is 13.1 Å². The number of para-hydroxylation sites is 1. The summed E-state index contributed by atoms with van der Waals surface area (Å²) in [5, 5.41) is 8.21. The van der Waals surface area contributed by atoms with E-state index >= 15 is 0 Å². The van der Waals surface area contributed by atoms with Gasteiger partial charge in [-0.3, -0.25) is 4.79 Å². The van der Waals surface area contributed by atoms with Gasteiger partial charge in [-0.05, 0) is 31.2 Å². The Morgan fingerprint density at radius 1 is 1.19 bits per heavy atom. The van der Waals surface area contributed by atoms with Crippen molar-refractivity contribution in [3.8, 4) is 11.5 Å². The summed E-state index contributed by atoms with van der Waals surface area (Å²) in [6.45, 7) is 3.14. The monoisotopic (exact) mass is 354 g/mol. The van der Waals surface area contributed by atoms with Crippen molar-refractivity contribution in [2.24, 2.45) is 0 Å². The molecule has 0 bridgehead atoms. The molecular weight excluding hydrogens is 332 g/mol. The van der Waals surface area contributed by atoms with Crippen molar-refractivity contribution in [1.82, 2.24) is 19.9 Å². The number of amides is 1. The molecular formula is C19H22N4O3. The number of fused-ring (bicyclic) bond motifs is 1. The summed E-state index contributed by atoms with van der Waals surface area (Å²) in [6.07, 6.45) is 0. The highest BCUT2D eigenvalue weighted by molar-refractivity contribution is 5.97. The fourth-order valence-electron chi connectivity index (χ4n) is 2.96. The SMILES string of the molecule is CCn1nnc2cc(C(=O)N(C)Cc3cccc(OC)c3OC)ccc21. The lowest BCUT2D eigenvalue weighted by Crippen LogP contribution is -2.26. The molecule has 0 aliphatic heterocycles. The number of methoxy groups -OCH3 is 2. The Bertz CT molecular complexity index is 936. The van der Waals surface area contributed by atoms with Crippen LogP contribution in [-0.4, -0.2) is 47.1 Å². The number of hydrogen-bond acceptors (Lipinski definition) is 5. The Kier molecular flexibility index (Phi) is 5.06. The van der Waals surface area contributed by atoms with Gasteiger partial charge in [0.2, 0.25) is 0 Å². The van der Waals surface area contributed by atoms with E-state index in [1.54, 1.807) is 43.0 Å². The molecule has 136 valence electrons. The molecule has 3 aromatic rings. The first-order valence-electron chi connectivity index (χ1n) is 8.37. The average molecular weight is 354 g/mol. The predicted octanol–water partition coefficient (Wildman–Crippen LogP) is 2.74. The van der Waals surface area contributed by atoms with E-state index in [1.165, 1.54) is 0 Å². The molecule has 1 aromatic heterocycles. The molecule has 26 heavy (non-hydrogen) atoms. The molecule has 1 heterocycles. The maximum Gasteiger partial charge on any atom is 0.253 e. The molecule has 0 radical (unpaired) electrons. The zero-order valence-electron chi connectivity index (χ0n) is 15.4. The third-order valence-corrected chi connectivity index (χ3v) is 4.30. The van der Waals surface area contributed by atoms with Crippen LogP contribution in [0.5, 0.6) is 11.5 Å². The Hall–Kier alpha value is -3.09. The molecule has 0 saturated carbocycles. The highest BCUT2D eigenvalue weighted by atomic mass is 16.5. The Morgan fingerprint density at radius 2 is 2.00 bits per heavy atom.